The quantitative estimate of drug-likeness (QED) is 0.797. The van der Waals surface area contributed by atoms with Gasteiger partial charge in [-0.25, -0.2) is 0 Å². The van der Waals surface area contributed by atoms with Crippen LogP contribution in [0.5, 0.6) is 0 Å². The first-order valence-electron chi connectivity index (χ1n) is 8.50. The summed E-state index contributed by atoms with van der Waals surface area (Å²) < 4.78 is 0. The highest BCUT2D eigenvalue weighted by Gasteiger charge is 2.18. The van der Waals surface area contributed by atoms with E-state index in [1.807, 2.05) is 6.07 Å². The molecule has 3 rings (SSSR count). The maximum absolute atomic E-state index is 11.4. The van der Waals surface area contributed by atoms with Gasteiger partial charge in [0, 0.05) is 44.0 Å². The monoisotopic (exact) mass is 301 g/mol. The average molecular weight is 301 g/mol. The molecule has 4 heteroatoms. The molecule has 0 unspecified atom stereocenters. The van der Waals surface area contributed by atoms with Crippen molar-refractivity contribution in [2.75, 3.05) is 51.2 Å². The molecule has 0 bridgehead atoms. The summed E-state index contributed by atoms with van der Waals surface area (Å²) in [6.45, 7) is 7.57. The normalized spacial score (nSPS) is 21.0. The van der Waals surface area contributed by atoms with Crippen LogP contribution in [0.15, 0.2) is 18.2 Å². The van der Waals surface area contributed by atoms with E-state index in [9.17, 15) is 4.79 Å². The van der Waals surface area contributed by atoms with Gasteiger partial charge in [0.15, 0.2) is 6.29 Å². The van der Waals surface area contributed by atoms with Crippen molar-refractivity contribution in [3.05, 3.63) is 29.3 Å². The highest BCUT2D eigenvalue weighted by molar-refractivity contribution is 5.85. The Hall–Kier alpha value is -1.39. The molecule has 0 atom stereocenters. The molecule has 4 nitrogen and oxygen atoms in total. The van der Waals surface area contributed by atoms with E-state index in [0.717, 1.165) is 50.3 Å². The van der Waals surface area contributed by atoms with Gasteiger partial charge in [-0.1, -0.05) is 12.5 Å². The summed E-state index contributed by atoms with van der Waals surface area (Å²) in [4.78, 5) is 18.6. The van der Waals surface area contributed by atoms with Gasteiger partial charge in [-0.15, -0.1) is 0 Å². The molecule has 1 aromatic rings. The van der Waals surface area contributed by atoms with Gasteiger partial charge in [0.25, 0.3) is 0 Å². The molecule has 0 amide bonds. The highest BCUT2D eigenvalue weighted by atomic mass is 16.1. The summed E-state index contributed by atoms with van der Waals surface area (Å²) in [6, 6.07) is 6.36. The first-order valence-corrected chi connectivity index (χ1v) is 8.50. The van der Waals surface area contributed by atoms with Crippen LogP contribution in [0, 0.1) is 0 Å². The van der Waals surface area contributed by atoms with Crippen LogP contribution in [-0.4, -0.2) is 62.4 Å². The lowest BCUT2D eigenvalue weighted by molar-refractivity contribution is 0.112. The van der Waals surface area contributed by atoms with Crippen molar-refractivity contribution in [2.24, 2.45) is 0 Å². The van der Waals surface area contributed by atoms with Crippen LogP contribution < -0.4 is 4.90 Å². The minimum Gasteiger partial charge on any atom is -0.368 e. The standard InChI is InChI=1S/C18H27N3O/c1-19-9-11-21(12-10-19)18-13-16(5-6-17(18)15-22)14-20-7-3-2-4-8-20/h5-6,13,15H,2-4,7-12,14H2,1H3. The third kappa shape index (κ3) is 3.68. The Balaban J connectivity index is 1.75. The minimum atomic E-state index is 0.826. The van der Waals surface area contributed by atoms with Gasteiger partial charge >= 0.3 is 0 Å². The molecule has 0 aromatic heterocycles. The maximum atomic E-state index is 11.4. The number of aldehydes is 1. The Kier molecular flexibility index (Phi) is 5.11. The predicted molar refractivity (Wildman–Crippen MR) is 90.7 cm³/mol. The minimum absolute atomic E-state index is 0.826. The second kappa shape index (κ2) is 7.25. The number of hydrogen-bond donors (Lipinski definition) is 0. The number of piperazine rings is 1. The second-order valence-corrected chi connectivity index (χ2v) is 6.64. The number of hydrogen-bond acceptors (Lipinski definition) is 4. The van der Waals surface area contributed by atoms with Crippen molar-refractivity contribution >= 4 is 12.0 Å². The molecule has 2 fully saturated rings. The third-order valence-electron chi connectivity index (χ3n) is 4.92. The zero-order chi connectivity index (χ0) is 15.4. The van der Waals surface area contributed by atoms with E-state index in [2.05, 4.69) is 33.9 Å². The Labute approximate surface area is 133 Å². The van der Waals surface area contributed by atoms with Crippen LogP contribution in [0.4, 0.5) is 5.69 Å². The summed E-state index contributed by atoms with van der Waals surface area (Å²) in [6.07, 6.45) is 5.00. The topological polar surface area (TPSA) is 26.8 Å². The van der Waals surface area contributed by atoms with Gasteiger partial charge in [-0.2, -0.15) is 0 Å². The number of likely N-dealkylation sites (tertiary alicyclic amines) is 1. The van der Waals surface area contributed by atoms with Crippen LogP contribution in [0.25, 0.3) is 0 Å². The number of carbonyl (C=O) groups is 1. The third-order valence-corrected chi connectivity index (χ3v) is 4.92. The fourth-order valence-corrected chi connectivity index (χ4v) is 3.48. The Morgan fingerprint density at radius 1 is 1.00 bits per heavy atom. The first-order chi connectivity index (χ1) is 10.8. The molecular formula is C18H27N3O. The largest absolute Gasteiger partial charge is 0.368 e. The molecule has 22 heavy (non-hydrogen) atoms. The molecule has 0 saturated carbocycles. The van der Waals surface area contributed by atoms with Gasteiger partial charge in [0.1, 0.15) is 0 Å². The number of rotatable bonds is 4. The van der Waals surface area contributed by atoms with E-state index in [4.69, 9.17) is 0 Å². The van der Waals surface area contributed by atoms with Crippen molar-refractivity contribution in [3.8, 4) is 0 Å². The van der Waals surface area contributed by atoms with Crippen molar-refractivity contribution < 1.29 is 4.79 Å². The maximum Gasteiger partial charge on any atom is 0.152 e. The summed E-state index contributed by atoms with van der Waals surface area (Å²) >= 11 is 0. The lowest BCUT2D eigenvalue weighted by Crippen LogP contribution is -2.44. The lowest BCUT2D eigenvalue weighted by atomic mass is 10.1. The van der Waals surface area contributed by atoms with E-state index in [1.165, 1.54) is 37.9 Å². The van der Waals surface area contributed by atoms with Gasteiger partial charge in [-0.05, 0) is 50.7 Å². The van der Waals surface area contributed by atoms with Gasteiger partial charge < -0.3 is 9.80 Å². The zero-order valence-corrected chi connectivity index (χ0v) is 13.6. The highest BCUT2D eigenvalue weighted by Crippen LogP contribution is 2.24. The number of nitrogens with zero attached hydrogens (tertiary/aromatic N) is 3. The fraction of sp³-hybridized carbons (Fsp3) is 0.611. The molecule has 2 heterocycles. The fourth-order valence-electron chi connectivity index (χ4n) is 3.48. The second-order valence-electron chi connectivity index (χ2n) is 6.64. The van der Waals surface area contributed by atoms with E-state index < -0.39 is 0 Å². The van der Waals surface area contributed by atoms with Crippen molar-refractivity contribution in [1.29, 1.82) is 0 Å². The smallest absolute Gasteiger partial charge is 0.152 e. The molecule has 0 N–H and O–H groups in total. The van der Waals surface area contributed by atoms with Crippen molar-refractivity contribution in [2.45, 2.75) is 25.8 Å². The van der Waals surface area contributed by atoms with E-state index in [-0.39, 0.29) is 0 Å². The van der Waals surface area contributed by atoms with E-state index in [1.54, 1.807) is 0 Å². The summed E-state index contributed by atoms with van der Waals surface area (Å²) in [5, 5.41) is 0. The summed E-state index contributed by atoms with van der Waals surface area (Å²) in [5.41, 5.74) is 3.28. The number of benzene rings is 1. The molecule has 2 aliphatic heterocycles. The van der Waals surface area contributed by atoms with Crippen molar-refractivity contribution in [1.82, 2.24) is 9.80 Å². The molecule has 0 radical (unpaired) electrons. The molecule has 0 aliphatic carbocycles. The average Bonchev–Trinajstić information content (AvgIpc) is 2.56. The lowest BCUT2D eigenvalue weighted by Gasteiger charge is -2.35. The Bertz CT molecular complexity index is 503. The van der Waals surface area contributed by atoms with Crippen LogP contribution in [0.3, 0.4) is 0 Å². The van der Waals surface area contributed by atoms with Crippen molar-refractivity contribution in [3.63, 3.8) is 0 Å². The zero-order valence-electron chi connectivity index (χ0n) is 13.6. The van der Waals surface area contributed by atoms with Crippen LogP contribution in [-0.2, 0) is 6.54 Å². The number of anilines is 1. The van der Waals surface area contributed by atoms with Crippen LogP contribution in [0.1, 0.15) is 35.2 Å². The molecule has 2 aliphatic rings. The van der Waals surface area contributed by atoms with E-state index in [0.29, 0.717) is 0 Å². The summed E-state index contributed by atoms with van der Waals surface area (Å²) in [7, 11) is 2.16. The number of carbonyl (C=O) groups excluding carboxylic acids is 1. The molecule has 0 spiro atoms. The summed E-state index contributed by atoms with van der Waals surface area (Å²) in [5.74, 6) is 0. The molecule has 1 aromatic carbocycles. The van der Waals surface area contributed by atoms with E-state index >= 15 is 0 Å². The predicted octanol–water partition coefficient (Wildman–Crippen LogP) is 2.24. The Morgan fingerprint density at radius 2 is 1.73 bits per heavy atom. The first kappa shape index (κ1) is 15.5. The van der Waals surface area contributed by atoms with Crippen LogP contribution >= 0.6 is 0 Å². The Morgan fingerprint density at radius 3 is 2.41 bits per heavy atom. The molecule has 2 saturated heterocycles. The number of likely N-dealkylation sites (N-methyl/N-ethyl adjacent to an activating group) is 1. The van der Waals surface area contributed by atoms with Crippen LogP contribution in [0.2, 0.25) is 0 Å². The van der Waals surface area contributed by atoms with Gasteiger partial charge in [0.2, 0.25) is 0 Å². The molecular weight excluding hydrogens is 274 g/mol. The van der Waals surface area contributed by atoms with Gasteiger partial charge in [-0.3, -0.25) is 9.69 Å². The SMILES string of the molecule is CN1CCN(c2cc(CN3CCCCC3)ccc2C=O)CC1. The molecule has 120 valence electrons. The number of piperidine rings is 1. The van der Waals surface area contributed by atoms with Gasteiger partial charge in [0.05, 0.1) is 0 Å².